The van der Waals surface area contributed by atoms with Crippen LogP contribution < -0.4 is 10.6 Å². The summed E-state index contributed by atoms with van der Waals surface area (Å²) in [4.78, 5) is 28.7. The van der Waals surface area contributed by atoms with Crippen LogP contribution in [0, 0.1) is 11.3 Å². The van der Waals surface area contributed by atoms with Crippen LogP contribution in [0.3, 0.4) is 0 Å². The zero-order valence-corrected chi connectivity index (χ0v) is 16.4. The molecule has 0 atom stereocenters. The largest absolute Gasteiger partial charge is 0.363 e. The molecule has 0 fully saturated rings. The van der Waals surface area contributed by atoms with E-state index in [1.165, 1.54) is 12.3 Å². The molecule has 1 aromatic carbocycles. The summed E-state index contributed by atoms with van der Waals surface area (Å²) in [6.45, 7) is 8.18. The number of rotatable bonds is 7. The van der Waals surface area contributed by atoms with Gasteiger partial charge in [-0.1, -0.05) is 41.6 Å². The number of allylic oxidation sites excluding steroid dienone is 2. The molecule has 0 spiro atoms. The third kappa shape index (κ3) is 5.49. The molecule has 2 aromatic rings. The molecule has 1 heterocycles. The maximum absolute atomic E-state index is 12.7. The average molecular weight is 391 g/mol. The van der Waals surface area contributed by atoms with E-state index in [4.69, 9.17) is 9.78 Å². The summed E-state index contributed by atoms with van der Waals surface area (Å²) in [5, 5.41) is 18.2. The summed E-state index contributed by atoms with van der Waals surface area (Å²) >= 11 is 0. The number of amides is 2. The third-order valence-corrected chi connectivity index (χ3v) is 3.83. The summed E-state index contributed by atoms with van der Waals surface area (Å²) in [6.07, 6.45) is 4.22. The van der Waals surface area contributed by atoms with Crippen molar-refractivity contribution < 1.29 is 14.1 Å². The molecule has 0 aliphatic heterocycles. The van der Waals surface area contributed by atoms with Crippen molar-refractivity contribution in [2.45, 2.75) is 26.3 Å². The summed E-state index contributed by atoms with van der Waals surface area (Å²) in [5.74, 6) is -1.05. The maximum atomic E-state index is 12.7. The zero-order chi connectivity index (χ0) is 21.4. The molecule has 2 amide bonds. The van der Waals surface area contributed by atoms with Crippen LogP contribution in [0.1, 0.15) is 31.1 Å². The number of nitrogens with one attached hydrogen (secondary N) is 2. The van der Waals surface area contributed by atoms with Crippen molar-refractivity contribution in [1.82, 2.24) is 15.8 Å². The van der Waals surface area contributed by atoms with Crippen LogP contribution in [0.15, 0.2) is 69.7 Å². The Hall–Kier alpha value is -3.99. The van der Waals surface area contributed by atoms with E-state index < -0.39 is 17.4 Å². The first-order valence-electron chi connectivity index (χ1n) is 8.71. The molecule has 0 saturated heterocycles. The Kier molecular flexibility index (Phi) is 6.82. The van der Waals surface area contributed by atoms with Gasteiger partial charge in [0.1, 0.15) is 28.8 Å². The van der Waals surface area contributed by atoms with E-state index >= 15 is 0 Å². The van der Waals surface area contributed by atoms with Crippen molar-refractivity contribution in [3.05, 3.63) is 65.7 Å². The van der Waals surface area contributed by atoms with Gasteiger partial charge in [0.25, 0.3) is 11.8 Å². The van der Waals surface area contributed by atoms with Gasteiger partial charge in [0.2, 0.25) is 0 Å². The van der Waals surface area contributed by atoms with Crippen LogP contribution in [-0.2, 0) is 4.79 Å². The van der Waals surface area contributed by atoms with Crippen molar-refractivity contribution >= 4 is 18.5 Å². The third-order valence-electron chi connectivity index (χ3n) is 3.83. The number of carbonyl (C=O) groups excluding carboxylic acids is 2. The molecule has 2 N–H and O–H groups in total. The molecule has 1 aromatic heterocycles. The van der Waals surface area contributed by atoms with Gasteiger partial charge in [-0.3, -0.25) is 14.6 Å². The average Bonchev–Trinajstić information content (AvgIpc) is 3.21. The highest BCUT2D eigenvalue weighted by Gasteiger charge is 2.22. The number of aliphatic imine (C=N–C) groups is 1. The second-order valence-electron chi connectivity index (χ2n) is 6.52. The number of carbonyl (C=O) groups is 2. The Labute approximate surface area is 168 Å². The minimum absolute atomic E-state index is 0.0460. The van der Waals surface area contributed by atoms with E-state index in [2.05, 4.69) is 27.5 Å². The fourth-order valence-corrected chi connectivity index (χ4v) is 2.30. The molecule has 0 radical (unpaired) electrons. The van der Waals surface area contributed by atoms with Gasteiger partial charge in [0.05, 0.1) is 6.07 Å². The molecule has 0 aliphatic rings. The zero-order valence-electron chi connectivity index (χ0n) is 16.4. The summed E-state index contributed by atoms with van der Waals surface area (Å²) in [6, 6.07) is 11.1. The number of hydrogen-bond acceptors (Lipinski definition) is 6. The van der Waals surface area contributed by atoms with Crippen molar-refractivity contribution in [1.29, 1.82) is 5.26 Å². The SMILES string of the molecule is C=N/C(=C\C(=C/C)NC(=O)c1conc1-c1ccccc1)C(=O)NC(C)(C)C#N. The van der Waals surface area contributed by atoms with Crippen molar-refractivity contribution in [3.63, 3.8) is 0 Å². The fourth-order valence-electron chi connectivity index (χ4n) is 2.30. The second-order valence-corrected chi connectivity index (χ2v) is 6.52. The first-order chi connectivity index (χ1) is 13.8. The van der Waals surface area contributed by atoms with E-state index in [1.54, 1.807) is 26.8 Å². The van der Waals surface area contributed by atoms with Crippen LogP contribution in [0.2, 0.25) is 0 Å². The van der Waals surface area contributed by atoms with Crippen molar-refractivity contribution in [2.75, 3.05) is 0 Å². The lowest BCUT2D eigenvalue weighted by atomic mass is 10.1. The van der Waals surface area contributed by atoms with E-state index in [1.807, 2.05) is 36.4 Å². The van der Waals surface area contributed by atoms with Crippen molar-refractivity contribution in [2.24, 2.45) is 4.99 Å². The summed E-state index contributed by atoms with van der Waals surface area (Å²) in [5.41, 5.74) is 0.575. The Morgan fingerprint density at radius 2 is 2.00 bits per heavy atom. The smallest absolute Gasteiger partial charge is 0.271 e. The van der Waals surface area contributed by atoms with Gasteiger partial charge in [0, 0.05) is 11.3 Å². The number of nitrogens with zero attached hydrogens (tertiary/aromatic N) is 3. The lowest BCUT2D eigenvalue weighted by Crippen LogP contribution is -2.42. The molecule has 29 heavy (non-hydrogen) atoms. The Balaban J connectivity index is 2.22. The molecular weight excluding hydrogens is 370 g/mol. The summed E-state index contributed by atoms with van der Waals surface area (Å²) in [7, 11) is 0. The fraction of sp³-hybridized carbons (Fsp3) is 0.190. The molecule has 2 rings (SSSR count). The topological polar surface area (TPSA) is 120 Å². The standard InChI is InChI=1S/C21H21N5O3/c1-5-15(11-17(23-4)20(28)25-21(2,3)13-22)24-19(27)16-12-29-26-18(16)14-9-7-6-8-10-14/h5-12H,4H2,1-3H3,(H,24,27)(H,25,28)/b15-5+,17-11-. The highest BCUT2D eigenvalue weighted by Crippen LogP contribution is 2.22. The second kappa shape index (κ2) is 9.28. The predicted molar refractivity (Wildman–Crippen MR) is 109 cm³/mol. The molecule has 8 nitrogen and oxygen atoms in total. The van der Waals surface area contributed by atoms with E-state index in [0.29, 0.717) is 11.4 Å². The van der Waals surface area contributed by atoms with E-state index in [9.17, 15) is 9.59 Å². The quantitative estimate of drug-likeness (QED) is 0.427. The lowest BCUT2D eigenvalue weighted by Gasteiger charge is -2.17. The van der Waals surface area contributed by atoms with E-state index in [0.717, 1.165) is 5.56 Å². The first kappa shape index (κ1) is 21.3. The number of hydrogen-bond donors (Lipinski definition) is 2. The molecule has 0 saturated carbocycles. The molecule has 0 unspecified atom stereocenters. The van der Waals surface area contributed by atoms with Gasteiger partial charge < -0.3 is 15.2 Å². The Morgan fingerprint density at radius 1 is 1.31 bits per heavy atom. The van der Waals surface area contributed by atoms with Gasteiger partial charge in [-0.05, 0) is 33.6 Å². The van der Waals surface area contributed by atoms with Gasteiger partial charge in [0.15, 0.2) is 0 Å². The monoisotopic (exact) mass is 391 g/mol. The predicted octanol–water partition coefficient (Wildman–Crippen LogP) is 2.98. The van der Waals surface area contributed by atoms with Gasteiger partial charge in [-0.15, -0.1) is 0 Å². The minimum Gasteiger partial charge on any atom is -0.363 e. The molecule has 0 aliphatic carbocycles. The van der Waals surface area contributed by atoms with Crippen LogP contribution in [0.4, 0.5) is 0 Å². The highest BCUT2D eigenvalue weighted by atomic mass is 16.5. The van der Waals surface area contributed by atoms with Crippen molar-refractivity contribution in [3.8, 4) is 17.3 Å². The van der Waals surface area contributed by atoms with Crippen LogP contribution in [0.5, 0.6) is 0 Å². The Bertz CT molecular complexity index is 1010. The summed E-state index contributed by atoms with van der Waals surface area (Å²) < 4.78 is 4.98. The highest BCUT2D eigenvalue weighted by molar-refractivity contribution is 6.01. The molecule has 148 valence electrons. The Morgan fingerprint density at radius 3 is 2.59 bits per heavy atom. The maximum Gasteiger partial charge on any atom is 0.271 e. The van der Waals surface area contributed by atoms with E-state index in [-0.39, 0.29) is 11.3 Å². The number of nitriles is 1. The van der Waals surface area contributed by atoms with Gasteiger partial charge in [-0.2, -0.15) is 5.26 Å². The van der Waals surface area contributed by atoms with Crippen LogP contribution in [-0.4, -0.2) is 29.2 Å². The first-order valence-corrected chi connectivity index (χ1v) is 8.71. The number of benzene rings is 1. The minimum atomic E-state index is -1.08. The normalized spacial score (nSPS) is 12.1. The lowest BCUT2D eigenvalue weighted by molar-refractivity contribution is -0.118. The van der Waals surface area contributed by atoms with Crippen LogP contribution in [0.25, 0.3) is 11.3 Å². The van der Waals surface area contributed by atoms with Crippen LogP contribution >= 0.6 is 0 Å². The van der Waals surface area contributed by atoms with Gasteiger partial charge in [-0.25, -0.2) is 0 Å². The molecule has 8 heteroatoms. The molecule has 0 bridgehead atoms. The van der Waals surface area contributed by atoms with Gasteiger partial charge >= 0.3 is 0 Å². The number of aromatic nitrogens is 1. The molecular formula is C21H21N5O3.